The minimum Gasteiger partial charge on any atom is -0.391 e. The van der Waals surface area contributed by atoms with Crippen molar-refractivity contribution >= 4 is 5.91 Å². The molecule has 3 rings (SSSR count). The maximum absolute atomic E-state index is 12.4. The number of hydrogen-bond donors (Lipinski definition) is 3. The van der Waals surface area contributed by atoms with Gasteiger partial charge >= 0.3 is 0 Å². The number of rotatable bonds is 3. The number of aliphatic hydroxyl groups is 1. The standard InChI is InChI=1S/C16H22N2O2/c19-15-10-17-8-12(15)9-18-16(20)14-7-3-5-11-4-1-2-6-13(11)14/h1-2,4,6,12,14-15,17,19H,3,5,7-10H2,(H,18,20). The zero-order chi connectivity index (χ0) is 13.9. The summed E-state index contributed by atoms with van der Waals surface area (Å²) in [5.74, 6) is 0.223. The maximum atomic E-state index is 12.4. The fraction of sp³-hybridized carbons (Fsp3) is 0.562. The van der Waals surface area contributed by atoms with E-state index in [-0.39, 0.29) is 23.8 Å². The van der Waals surface area contributed by atoms with Crippen molar-refractivity contribution in [1.82, 2.24) is 10.6 Å². The highest BCUT2D eigenvalue weighted by molar-refractivity contribution is 5.84. The molecule has 2 aliphatic rings. The van der Waals surface area contributed by atoms with Gasteiger partial charge in [0.2, 0.25) is 5.91 Å². The number of nitrogens with one attached hydrogen (secondary N) is 2. The first-order chi connectivity index (χ1) is 9.75. The van der Waals surface area contributed by atoms with Gasteiger partial charge in [-0.05, 0) is 30.4 Å². The molecule has 1 aliphatic heterocycles. The van der Waals surface area contributed by atoms with Crippen LogP contribution in [0.15, 0.2) is 24.3 Å². The number of β-amino-alcohol motifs (C(OH)–C–C–N with tert-alkyl or cyclic N) is 1. The highest BCUT2D eigenvalue weighted by Gasteiger charge is 2.29. The van der Waals surface area contributed by atoms with E-state index in [1.54, 1.807) is 0 Å². The zero-order valence-electron chi connectivity index (χ0n) is 11.6. The second-order valence-electron chi connectivity index (χ2n) is 5.87. The Morgan fingerprint density at radius 3 is 3.00 bits per heavy atom. The quantitative estimate of drug-likeness (QED) is 0.764. The van der Waals surface area contributed by atoms with Gasteiger partial charge in [-0.2, -0.15) is 0 Å². The van der Waals surface area contributed by atoms with E-state index in [1.807, 2.05) is 12.1 Å². The van der Waals surface area contributed by atoms with Crippen LogP contribution in [0.25, 0.3) is 0 Å². The average molecular weight is 274 g/mol. The Morgan fingerprint density at radius 1 is 1.35 bits per heavy atom. The molecule has 0 radical (unpaired) electrons. The van der Waals surface area contributed by atoms with E-state index in [0.717, 1.165) is 25.8 Å². The lowest BCUT2D eigenvalue weighted by molar-refractivity contribution is -0.123. The third kappa shape index (κ3) is 2.72. The molecule has 0 bridgehead atoms. The predicted octanol–water partition coefficient (Wildman–Crippen LogP) is 0.803. The minimum atomic E-state index is -0.339. The van der Waals surface area contributed by atoms with Gasteiger partial charge < -0.3 is 15.7 Å². The molecule has 0 spiro atoms. The van der Waals surface area contributed by atoms with Crippen LogP contribution in [0.5, 0.6) is 0 Å². The molecule has 4 heteroatoms. The summed E-state index contributed by atoms with van der Waals surface area (Å²) in [5.41, 5.74) is 2.49. The molecule has 1 amide bonds. The van der Waals surface area contributed by atoms with Crippen molar-refractivity contribution in [3.8, 4) is 0 Å². The molecular weight excluding hydrogens is 252 g/mol. The monoisotopic (exact) mass is 274 g/mol. The molecule has 3 N–H and O–H groups in total. The number of carbonyl (C=O) groups excluding carboxylic acids is 1. The van der Waals surface area contributed by atoms with Crippen LogP contribution in [0.2, 0.25) is 0 Å². The third-order valence-corrected chi connectivity index (χ3v) is 4.53. The molecule has 4 nitrogen and oxygen atoms in total. The molecule has 3 unspecified atom stereocenters. The summed E-state index contributed by atoms with van der Waals surface area (Å²) >= 11 is 0. The maximum Gasteiger partial charge on any atom is 0.227 e. The molecule has 20 heavy (non-hydrogen) atoms. The first-order valence-electron chi connectivity index (χ1n) is 7.50. The van der Waals surface area contributed by atoms with Crippen molar-refractivity contribution in [2.24, 2.45) is 5.92 Å². The second-order valence-corrected chi connectivity index (χ2v) is 5.87. The lowest BCUT2D eigenvalue weighted by Crippen LogP contribution is -2.37. The fourth-order valence-corrected chi connectivity index (χ4v) is 3.31. The average Bonchev–Trinajstić information content (AvgIpc) is 2.89. The van der Waals surface area contributed by atoms with Crippen molar-refractivity contribution in [3.05, 3.63) is 35.4 Å². The van der Waals surface area contributed by atoms with Crippen LogP contribution in [0, 0.1) is 5.92 Å². The molecule has 1 heterocycles. The molecule has 0 aromatic heterocycles. The van der Waals surface area contributed by atoms with E-state index in [1.165, 1.54) is 11.1 Å². The van der Waals surface area contributed by atoms with Gasteiger partial charge in [-0.25, -0.2) is 0 Å². The predicted molar refractivity (Wildman–Crippen MR) is 77.5 cm³/mol. The number of hydrogen-bond acceptors (Lipinski definition) is 3. The molecule has 1 fully saturated rings. The fourth-order valence-electron chi connectivity index (χ4n) is 3.31. The smallest absolute Gasteiger partial charge is 0.227 e. The normalized spacial score (nSPS) is 28.9. The first kappa shape index (κ1) is 13.6. The summed E-state index contributed by atoms with van der Waals surface area (Å²) in [6, 6.07) is 8.25. The Balaban J connectivity index is 1.63. The minimum absolute atomic E-state index is 0.0218. The summed E-state index contributed by atoms with van der Waals surface area (Å²) in [4.78, 5) is 12.4. The van der Waals surface area contributed by atoms with E-state index in [4.69, 9.17) is 0 Å². The summed E-state index contributed by atoms with van der Waals surface area (Å²) in [7, 11) is 0. The summed E-state index contributed by atoms with van der Waals surface area (Å²) in [6.07, 6.45) is 2.73. The highest BCUT2D eigenvalue weighted by atomic mass is 16.3. The van der Waals surface area contributed by atoms with Crippen molar-refractivity contribution in [3.63, 3.8) is 0 Å². The Bertz CT molecular complexity index is 489. The van der Waals surface area contributed by atoms with Crippen molar-refractivity contribution in [2.75, 3.05) is 19.6 Å². The van der Waals surface area contributed by atoms with Crippen LogP contribution >= 0.6 is 0 Å². The van der Waals surface area contributed by atoms with E-state index in [9.17, 15) is 9.90 Å². The zero-order valence-corrected chi connectivity index (χ0v) is 11.6. The summed E-state index contributed by atoms with van der Waals surface area (Å²) in [5, 5.41) is 15.9. The number of amides is 1. The van der Waals surface area contributed by atoms with E-state index in [2.05, 4.69) is 22.8 Å². The van der Waals surface area contributed by atoms with Crippen molar-refractivity contribution < 1.29 is 9.90 Å². The molecule has 1 aliphatic carbocycles. The van der Waals surface area contributed by atoms with Crippen LogP contribution < -0.4 is 10.6 Å². The molecule has 1 aromatic rings. The molecule has 0 saturated carbocycles. The van der Waals surface area contributed by atoms with Crippen molar-refractivity contribution in [2.45, 2.75) is 31.3 Å². The first-order valence-corrected chi connectivity index (χ1v) is 7.50. The van der Waals surface area contributed by atoms with Gasteiger partial charge in [0.15, 0.2) is 0 Å². The summed E-state index contributed by atoms with van der Waals surface area (Å²) < 4.78 is 0. The van der Waals surface area contributed by atoms with Crippen LogP contribution in [0.1, 0.15) is 29.9 Å². The van der Waals surface area contributed by atoms with E-state index >= 15 is 0 Å². The topological polar surface area (TPSA) is 61.4 Å². The largest absolute Gasteiger partial charge is 0.391 e. The number of benzene rings is 1. The van der Waals surface area contributed by atoms with Gasteiger partial charge in [-0.15, -0.1) is 0 Å². The Labute approximate surface area is 119 Å². The molecule has 108 valence electrons. The molecule has 1 saturated heterocycles. The Kier molecular flexibility index (Phi) is 4.03. The number of aryl methyl sites for hydroxylation is 1. The van der Waals surface area contributed by atoms with Crippen LogP contribution in [0.3, 0.4) is 0 Å². The van der Waals surface area contributed by atoms with Gasteiger partial charge in [-0.3, -0.25) is 4.79 Å². The summed E-state index contributed by atoms with van der Waals surface area (Å²) in [6.45, 7) is 1.97. The van der Waals surface area contributed by atoms with Gasteiger partial charge in [0, 0.05) is 25.6 Å². The molecular formula is C16H22N2O2. The molecule has 1 aromatic carbocycles. The van der Waals surface area contributed by atoms with Crippen LogP contribution in [0.4, 0.5) is 0 Å². The Hall–Kier alpha value is -1.39. The van der Waals surface area contributed by atoms with Crippen molar-refractivity contribution in [1.29, 1.82) is 0 Å². The lowest BCUT2D eigenvalue weighted by Gasteiger charge is -2.25. The Morgan fingerprint density at radius 2 is 2.20 bits per heavy atom. The van der Waals surface area contributed by atoms with Gasteiger partial charge in [-0.1, -0.05) is 24.3 Å². The molecule has 3 atom stereocenters. The highest BCUT2D eigenvalue weighted by Crippen LogP contribution is 2.31. The SMILES string of the molecule is O=C(NCC1CNCC1O)C1CCCc2ccccc21. The van der Waals surface area contributed by atoms with E-state index < -0.39 is 0 Å². The lowest BCUT2D eigenvalue weighted by atomic mass is 9.82. The van der Waals surface area contributed by atoms with Crippen LogP contribution in [-0.4, -0.2) is 36.8 Å². The van der Waals surface area contributed by atoms with Crippen LogP contribution in [-0.2, 0) is 11.2 Å². The van der Waals surface area contributed by atoms with Gasteiger partial charge in [0.25, 0.3) is 0 Å². The van der Waals surface area contributed by atoms with Gasteiger partial charge in [0.1, 0.15) is 0 Å². The van der Waals surface area contributed by atoms with Gasteiger partial charge in [0.05, 0.1) is 12.0 Å². The number of carbonyl (C=O) groups is 1. The second kappa shape index (κ2) is 5.94. The van der Waals surface area contributed by atoms with E-state index in [0.29, 0.717) is 13.1 Å². The number of aliphatic hydroxyl groups excluding tert-OH is 1. The number of fused-ring (bicyclic) bond motifs is 1. The third-order valence-electron chi connectivity index (χ3n) is 4.53.